The SMILES string of the molecule is CC(C)c1cnc2nc(CO)cn2c1. The van der Waals surface area contributed by atoms with Gasteiger partial charge in [-0.25, -0.2) is 9.97 Å². The molecule has 4 heteroatoms. The summed E-state index contributed by atoms with van der Waals surface area (Å²) >= 11 is 0. The first kappa shape index (κ1) is 9.15. The molecule has 2 aromatic heterocycles. The fourth-order valence-electron chi connectivity index (χ4n) is 1.32. The van der Waals surface area contributed by atoms with Gasteiger partial charge in [-0.05, 0) is 11.5 Å². The highest BCUT2D eigenvalue weighted by atomic mass is 16.3. The van der Waals surface area contributed by atoms with Gasteiger partial charge in [0.2, 0.25) is 5.78 Å². The predicted molar refractivity (Wildman–Crippen MR) is 53.0 cm³/mol. The van der Waals surface area contributed by atoms with Crippen molar-refractivity contribution < 1.29 is 5.11 Å². The summed E-state index contributed by atoms with van der Waals surface area (Å²) in [6.07, 6.45) is 5.63. The smallest absolute Gasteiger partial charge is 0.234 e. The maximum Gasteiger partial charge on any atom is 0.234 e. The van der Waals surface area contributed by atoms with Crippen molar-refractivity contribution >= 4 is 5.78 Å². The molecular weight excluding hydrogens is 178 g/mol. The minimum absolute atomic E-state index is 0.0413. The van der Waals surface area contributed by atoms with Crippen molar-refractivity contribution in [1.29, 1.82) is 0 Å². The minimum Gasteiger partial charge on any atom is -0.390 e. The fraction of sp³-hybridized carbons (Fsp3) is 0.400. The zero-order valence-corrected chi connectivity index (χ0v) is 8.31. The first-order valence-electron chi connectivity index (χ1n) is 4.65. The second-order valence-electron chi connectivity index (χ2n) is 3.64. The van der Waals surface area contributed by atoms with Gasteiger partial charge in [-0.15, -0.1) is 0 Å². The second-order valence-corrected chi connectivity index (χ2v) is 3.64. The van der Waals surface area contributed by atoms with Gasteiger partial charge in [-0.1, -0.05) is 13.8 Å². The molecule has 0 saturated heterocycles. The van der Waals surface area contributed by atoms with Crippen LogP contribution in [-0.2, 0) is 6.61 Å². The summed E-state index contributed by atoms with van der Waals surface area (Å²) in [5.74, 6) is 1.09. The molecule has 0 atom stereocenters. The van der Waals surface area contributed by atoms with E-state index in [1.54, 1.807) is 6.20 Å². The van der Waals surface area contributed by atoms with Gasteiger partial charge in [0, 0.05) is 18.6 Å². The van der Waals surface area contributed by atoms with Gasteiger partial charge in [-0.3, -0.25) is 4.40 Å². The molecule has 0 aliphatic rings. The summed E-state index contributed by atoms with van der Waals surface area (Å²) in [6, 6.07) is 0. The highest BCUT2D eigenvalue weighted by molar-refractivity contribution is 5.32. The van der Waals surface area contributed by atoms with E-state index in [-0.39, 0.29) is 6.61 Å². The molecule has 0 saturated carbocycles. The number of aromatic nitrogens is 3. The summed E-state index contributed by atoms with van der Waals surface area (Å²) < 4.78 is 1.85. The Bertz CT molecular complexity index is 448. The number of imidazole rings is 1. The molecule has 1 N–H and O–H groups in total. The van der Waals surface area contributed by atoms with E-state index in [1.807, 2.05) is 16.8 Å². The molecule has 14 heavy (non-hydrogen) atoms. The lowest BCUT2D eigenvalue weighted by Crippen LogP contribution is -1.94. The van der Waals surface area contributed by atoms with Crippen molar-refractivity contribution in [2.45, 2.75) is 26.4 Å². The molecule has 0 amide bonds. The number of rotatable bonds is 2. The largest absolute Gasteiger partial charge is 0.390 e. The molecule has 0 aliphatic heterocycles. The third-order valence-electron chi connectivity index (χ3n) is 2.21. The lowest BCUT2D eigenvalue weighted by Gasteiger charge is -2.03. The van der Waals surface area contributed by atoms with E-state index in [1.165, 1.54) is 5.56 Å². The van der Waals surface area contributed by atoms with Crippen LogP contribution in [0.4, 0.5) is 0 Å². The number of fused-ring (bicyclic) bond motifs is 1. The Morgan fingerprint density at radius 2 is 2.21 bits per heavy atom. The molecule has 0 aromatic carbocycles. The normalized spacial score (nSPS) is 11.4. The maximum atomic E-state index is 8.91. The van der Waals surface area contributed by atoms with E-state index in [4.69, 9.17) is 5.11 Å². The molecule has 0 bridgehead atoms. The van der Waals surface area contributed by atoms with Crippen LogP contribution in [-0.4, -0.2) is 19.5 Å². The van der Waals surface area contributed by atoms with Crippen molar-refractivity contribution in [3.63, 3.8) is 0 Å². The first-order chi connectivity index (χ1) is 6.70. The quantitative estimate of drug-likeness (QED) is 0.779. The number of nitrogens with zero attached hydrogens (tertiary/aromatic N) is 3. The highest BCUT2D eigenvalue weighted by Gasteiger charge is 2.04. The molecule has 0 aliphatic carbocycles. The zero-order valence-electron chi connectivity index (χ0n) is 8.31. The van der Waals surface area contributed by atoms with Crippen LogP contribution in [0.15, 0.2) is 18.6 Å². The van der Waals surface area contributed by atoms with Crippen LogP contribution in [0.3, 0.4) is 0 Å². The average Bonchev–Trinajstić information content (AvgIpc) is 2.58. The van der Waals surface area contributed by atoms with Crippen molar-refractivity contribution in [3.05, 3.63) is 29.8 Å². The monoisotopic (exact) mass is 191 g/mol. The van der Waals surface area contributed by atoms with Crippen LogP contribution in [0.25, 0.3) is 5.78 Å². The van der Waals surface area contributed by atoms with Crippen LogP contribution < -0.4 is 0 Å². The van der Waals surface area contributed by atoms with Gasteiger partial charge in [0.15, 0.2) is 0 Å². The molecular formula is C10H13N3O. The summed E-state index contributed by atoms with van der Waals surface area (Å²) in [5.41, 5.74) is 1.82. The summed E-state index contributed by atoms with van der Waals surface area (Å²) in [6.45, 7) is 4.19. The van der Waals surface area contributed by atoms with E-state index >= 15 is 0 Å². The molecule has 0 spiro atoms. The Morgan fingerprint density at radius 1 is 1.43 bits per heavy atom. The number of hydrogen-bond acceptors (Lipinski definition) is 3. The van der Waals surface area contributed by atoms with Crippen LogP contribution in [0.2, 0.25) is 0 Å². The summed E-state index contributed by atoms with van der Waals surface area (Å²) in [4.78, 5) is 8.35. The van der Waals surface area contributed by atoms with E-state index in [2.05, 4.69) is 23.8 Å². The van der Waals surface area contributed by atoms with Gasteiger partial charge < -0.3 is 5.11 Å². The molecule has 2 rings (SSSR count). The molecule has 4 nitrogen and oxygen atoms in total. The van der Waals surface area contributed by atoms with Gasteiger partial charge in [0.25, 0.3) is 0 Å². The summed E-state index contributed by atoms with van der Waals surface area (Å²) in [5, 5.41) is 8.91. The zero-order chi connectivity index (χ0) is 10.1. The van der Waals surface area contributed by atoms with Crippen molar-refractivity contribution in [2.75, 3.05) is 0 Å². The Balaban J connectivity index is 2.54. The Labute approximate surface area is 82.2 Å². The van der Waals surface area contributed by atoms with Gasteiger partial charge in [-0.2, -0.15) is 0 Å². The Hall–Kier alpha value is -1.42. The minimum atomic E-state index is -0.0413. The van der Waals surface area contributed by atoms with Crippen LogP contribution in [0.5, 0.6) is 0 Å². The first-order valence-corrected chi connectivity index (χ1v) is 4.65. The van der Waals surface area contributed by atoms with E-state index in [9.17, 15) is 0 Å². The van der Waals surface area contributed by atoms with Crippen molar-refractivity contribution in [3.8, 4) is 0 Å². The molecule has 0 radical (unpaired) electrons. The predicted octanol–water partition coefficient (Wildman–Crippen LogP) is 1.34. The molecule has 0 unspecified atom stereocenters. The highest BCUT2D eigenvalue weighted by Crippen LogP contribution is 2.13. The van der Waals surface area contributed by atoms with Gasteiger partial charge >= 0.3 is 0 Å². The second kappa shape index (κ2) is 3.38. The molecule has 2 heterocycles. The van der Waals surface area contributed by atoms with Gasteiger partial charge in [0.05, 0.1) is 12.3 Å². The summed E-state index contributed by atoms with van der Waals surface area (Å²) in [7, 11) is 0. The molecule has 2 aromatic rings. The fourth-order valence-corrected chi connectivity index (χ4v) is 1.32. The Morgan fingerprint density at radius 3 is 2.86 bits per heavy atom. The molecule has 74 valence electrons. The Kier molecular flexibility index (Phi) is 2.21. The van der Waals surface area contributed by atoms with E-state index < -0.39 is 0 Å². The van der Waals surface area contributed by atoms with E-state index in [0.717, 1.165) is 0 Å². The van der Waals surface area contributed by atoms with Crippen LogP contribution in [0.1, 0.15) is 31.0 Å². The molecule has 0 fully saturated rings. The van der Waals surface area contributed by atoms with Crippen molar-refractivity contribution in [1.82, 2.24) is 14.4 Å². The number of hydrogen-bond donors (Lipinski definition) is 1. The lowest BCUT2D eigenvalue weighted by atomic mass is 10.1. The third kappa shape index (κ3) is 1.48. The number of aliphatic hydroxyl groups excluding tert-OH is 1. The third-order valence-corrected chi connectivity index (χ3v) is 2.21. The topological polar surface area (TPSA) is 50.4 Å². The number of aliphatic hydroxyl groups is 1. The average molecular weight is 191 g/mol. The maximum absolute atomic E-state index is 8.91. The lowest BCUT2D eigenvalue weighted by molar-refractivity contribution is 0.277. The van der Waals surface area contributed by atoms with Crippen molar-refractivity contribution in [2.24, 2.45) is 0 Å². The van der Waals surface area contributed by atoms with Gasteiger partial charge in [0.1, 0.15) is 0 Å². The van der Waals surface area contributed by atoms with Crippen LogP contribution >= 0.6 is 0 Å². The van der Waals surface area contributed by atoms with Crippen LogP contribution in [0, 0.1) is 0 Å². The van der Waals surface area contributed by atoms with E-state index in [0.29, 0.717) is 17.4 Å². The standard InChI is InChI=1S/C10H13N3O/c1-7(2)8-3-11-10-12-9(6-14)5-13(10)4-8/h3-5,7,14H,6H2,1-2H3.